The normalized spacial score (nSPS) is 13.1. The molecule has 0 heterocycles. The number of rotatable bonds is 6. The van der Waals surface area contributed by atoms with Crippen molar-refractivity contribution < 1.29 is 23.0 Å². The average Bonchev–Trinajstić information content (AvgIpc) is 2.34. The average molecular weight is 353 g/mol. The van der Waals surface area contributed by atoms with E-state index < -0.39 is 15.9 Å². The molecule has 0 fully saturated rings. The van der Waals surface area contributed by atoms with Crippen LogP contribution in [0.4, 0.5) is 0 Å². The van der Waals surface area contributed by atoms with Crippen LogP contribution >= 0.6 is 15.9 Å². The van der Waals surface area contributed by atoms with E-state index in [9.17, 15) is 13.5 Å². The van der Waals surface area contributed by atoms with Gasteiger partial charge in [0, 0.05) is 10.7 Å². The van der Waals surface area contributed by atoms with Crippen molar-refractivity contribution in [1.82, 2.24) is 0 Å². The summed E-state index contributed by atoms with van der Waals surface area (Å²) in [4.78, 5) is 0. The predicted molar refractivity (Wildman–Crippen MR) is 76.5 cm³/mol. The third-order valence-corrected chi connectivity index (χ3v) is 4.29. The van der Waals surface area contributed by atoms with Crippen LogP contribution < -0.4 is 9.47 Å². The van der Waals surface area contributed by atoms with Gasteiger partial charge in [-0.25, -0.2) is 8.42 Å². The Kier molecular flexibility index (Phi) is 5.64. The van der Waals surface area contributed by atoms with E-state index in [2.05, 4.69) is 15.9 Å². The number of aliphatic hydroxyl groups excluding tert-OH is 1. The summed E-state index contributed by atoms with van der Waals surface area (Å²) in [7, 11) is -0.0835. The Balaban J connectivity index is 2.99. The topological polar surface area (TPSA) is 72.8 Å². The fourth-order valence-corrected chi connectivity index (χ4v) is 2.84. The fraction of sp³-hybridized carbons (Fsp3) is 0.500. The van der Waals surface area contributed by atoms with E-state index in [-0.39, 0.29) is 12.2 Å². The van der Waals surface area contributed by atoms with Gasteiger partial charge in [-0.05, 0) is 24.1 Å². The fourth-order valence-electron chi connectivity index (χ4n) is 1.61. The molecule has 0 aromatic heterocycles. The number of aliphatic hydroxyl groups is 1. The van der Waals surface area contributed by atoms with E-state index >= 15 is 0 Å². The smallest absolute Gasteiger partial charge is 0.161 e. The first-order chi connectivity index (χ1) is 8.78. The van der Waals surface area contributed by atoms with Crippen LogP contribution in [0.2, 0.25) is 0 Å². The van der Waals surface area contributed by atoms with Crippen molar-refractivity contribution in [2.24, 2.45) is 0 Å². The van der Waals surface area contributed by atoms with Crippen LogP contribution in [-0.4, -0.2) is 39.8 Å². The molecule has 0 aliphatic heterocycles. The Morgan fingerprint density at radius 2 is 1.79 bits per heavy atom. The number of ether oxygens (including phenoxy) is 2. The molecular formula is C12H17BrO5S. The van der Waals surface area contributed by atoms with Crippen molar-refractivity contribution in [3.05, 3.63) is 22.2 Å². The molecule has 0 saturated heterocycles. The van der Waals surface area contributed by atoms with Crippen molar-refractivity contribution in [3.8, 4) is 11.5 Å². The molecule has 7 heteroatoms. The summed E-state index contributed by atoms with van der Waals surface area (Å²) in [5.41, 5.74) is 0.571. The zero-order chi connectivity index (χ0) is 14.6. The lowest BCUT2D eigenvalue weighted by Crippen LogP contribution is -2.09. The minimum atomic E-state index is -3.10. The second kappa shape index (κ2) is 6.58. The summed E-state index contributed by atoms with van der Waals surface area (Å²) in [6, 6.07) is 3.31. The highest BCUT2D eigenvalue weighted by atomic mass is 79.9. The molecule has 0 spiro atoms. The molecule has 108 valence electrons. The minimum Gasteiger partial charge on any atom is -0.493 e. The van der Waals surface area contributed by atoms with Crippen LogP contribution in [-0.2, 0) is 9.84 Å². The van der Waals surface area contributed by atoms with Gasteiger partial charge in [-0.1, -0.05) is 15.9 Å². The lowest BCUT2D eigenvalue weighted by atomic mass is 10.1. The number of methoxy groups -OCH3 is 2. The van der Waals surface area contributed by atoms with Crippen LogP contribution in [0.3, 0.4) is 0 Å². The highest BCUT2D eigenvalue weighted by molar-refractivity contribution is 9.10. The van der Waals surface area contributed by atoms with Crippen molar-refractivity contribution in [2.45, 2.75) is 12.5 Å². The molecule has 1 aromatic carbocycles. The SMILES string of the molecule is COc1cc(Br)c(C(O)CCS(C)(=O)=O)cc1OC. The quantitative estimate of drug-likeness (QED) is 0.846. The van der Waals surface area contributed by atoms with Gasteiger partial charge in [0.2, 0.25) is 0 Å². The first kappa shape index (κ1) is 16.3. The molecule has 1 rings (SSSR count). The third kappa shape index (κ3) is 4.67. The first-order valence-corrected chi connectivity index (χ1v) is 8.41. The van der Waals surface area contributed by atoms with Crippen LogP contribution in [0.25, 0.3) is 0 Å². The maximum Gasteiger partial charge on any atom is 0.161 e. The number of halogens is 1. The second-order valence-corrected chi connectivity index (χ2v) is 7.28. The van der Waals surface area contributed by atoms with Gasteiger partial charge in [-0.3, -0.25) is 0 Å². The molecule has 1 aromatic rings. The lowest BCUT2D eigenvalue weighted by Gasteiger charge is -2.16. The number of hydrogen-bond acceptors (Lipinski definition) is 5. The van der Waals surface area contributed by atoms with E-state index in [0.29, 0.717) is 21.5 Å². The zero-order valence-electron chi connectivity index (χ0n) is 11.0. The largest absolute Gasteiger partial charge is 0.493 e. The van der Waals surface area contributed by atoms with Crippen molar-refractivity contribution in [1.29, 1.82) is 0 Å². The molecule has 1 atom stereocenters. The van der Waals surface area contributed by atoms with Gasteiger partial charge in [-0.2, -0.15) is 0 Å². The lowest BCUT2D eigenvalue weighted by molar-refractivity contribution is 0.173. The molecule has 0 radical (unpaired) electrons. The predicted octanol–water partition coefficient (Wildman–Crippen LogP) is 1.93. The van der Waals surface area contributed by atoms with Crippen LogP contribution in [0, 0.1) is 0 Å². The summed E-state index contributed by atoms with van der Waals surface area (Å²) in [6.07, 6.45) is 0.389. The van der Waals surface area contributed by atoms with Gasteiger partial charge < -0.3 is 14.6 Å². The van der Waals surface area contributed by atoms with Gasteiger partial charge >= 0.3 is 0 Å². The van der Waals surface area contributed by atoms with E-state index in [1.54, 1.807) is 12.1 Å². The second-order valence-electron chi connectivity index (χ2n) is 4.16. The summed E-state index contributed by atoms with van der Waals surface area (Å²) in [5.74, 6) is 0.946. The Labute approximate surface area is 121 Å². The van der Waals surface area contributed by atoms with E-state index in [0.717, 1.165) is 6.26 Å². The van der Waals surface area contributed by atoms with Crippen molar-refractivity contribution >= 4 is 25.8 Å². The molecule has 0 amide bonds. The van der Waals surface area contributed by atoms with Crippen molar-refractivity contribution in [2.75, 3.05) is 26.2 Å². The Morgan fingerprint density at radius 1 is 1.26 bits per heavy atom. The molecule has 0 aliphatic rings. The number of hydrogen-bond donors (Lipinski definition) is 1. The third-order valence-electron chi connectivity index (χ3n) is 2.62. The molecule has 0 saturated carbocycles. The summed E-state index contributed by atoms with van der Waals surface area (Å²) in [6.45, 7) is 0. The summed E-state index contributed by atoms with van der Waals surface area (Å²) >= 11 is 3.33. The molecule has 19 heavy (non-hydrogen) atoms. The van der Waals surface area contributed by atoms with E-state index in [1.807, 2.05) is 0 Å². The maximum atomic E-state index is 11.1. The van der Waals surface area contributed by atoms with E-state index in [4.69, 9.17) is 9.47 Å². The molecular weight excluding hydrogens is 336 g/mol. The monoisotopic (exact) mass is 352 g/mol. The summed E-state index contributed by atoms with van der Waals surface area (Å²) < 4.78 is 33.1. The van der Waals surface area contributed by atoms with Gasteiger partial charge in [0.15, 0.2) is 11.5 Å². The van der Waals surface area contributed by atoms with Crippen LogP contribution in [0.1, 0.15) is 18.1 Å². The zero-order valence-corrected chi connectivity index (χ0v) is 13.4. The Bertz CT molecular complexity index is 541. The molecule has 0 bridgehead atoms. The Morgan fingerprint density at radius 3 is 2.26 bits per heavy atom. The first-order valence-electron chi connectivity index (χ1n) is 5.55. The van der Waals surface area contributed by atoms with Gasteiger partial charge in [-0.15, -0.1) is 0 Å². The van der Waals surface area contributed by atoms with Crippen LogP contribution in [0.15, 0.2) is 16.6 Å². The number of benzene rings is 1. The van der Waals surface area contributed by atoms with Gasteiger partial charge in [0.25, 0.3) is 0 Å². The van der Waals surface area contributed by atoms with Crippen molar-refractivity contribution in [3.63, 3.8) is 0 Å². The van der Waals surface area contributed by atoms with Gasteiger partial charge in [0.1, 0.15) is 9.84 Å². The molecule has 5 nitrogen and oxygen atoms in total. The number of sulfone groups is 1. The highest BCUT2D eigenvalue weighted by Crippen LogP contribution is 2.36. The van der Waals surface area contributed by atoms with E-state index in [1.165, 1.54) is 14.2 Å². The molecule has 0 aliphatic carbocycles. The van der Waals surface area contributed by atoms with Crippen LogP contribution in [0.5, 0.6) is 11.5 Å². The van der Waals surface area contributed by atoms with Gasteiger partial charge in [0.05, 0.1) is 26.1 Å². The highest BCUT2D eigenvalue weighted by Gasteiger charge is 2.17. The Hall–Kier alpha value is -0.790. The molecule has 1 N–H and O–H groups in total. The standard InChI is InChI=1S/C12H17BrO5S/c1-17-11-6-8(9(13)7-12(11)18-2)10(14)4-5-19(3,15)16/h6-7,10,14H,4-5H2,1-3H3. The summed E-state index contributed by atoms with van der Waals surface area (Å²) in [5, 5.41) is 10.1. The molecule has 1 unspecified atom stereocenters. The minimum absolute atomic E-state index is 0.0745. The maximum absolute atomic E-state index is 11.1.